The topological polar surface area (TPSA) is 253 Å². The molecule has 31 heteroatoms. The van der Waals surface area contributed by atoms with Crippen LogP contribution >= 0.6 is 11.6 Å². The monoisotopic (exact) mass is 1130 g/mol. The first-order chi connectivity index (χ1) is 34.4. The van der Waals surface area contributed by atoms with Crippen molar-refractivity contribution in [1.29, 1.82) is 0 Å². The lowest BCUT2D eigenvalue weighted by atomic mass is 9.93. The summed E-state index contributed by atoms with van der Waals surface area (Å²) in [6.45, 7) is -1.09. The van der Waals surface area contributed by atoms with Crippen LogP contribution in [-0.4, -0.2) is 105 Å². The number of carboxylic acids is 2. The van der Waals surface area contributed by atoms with Crippen molar-refractivity contribution >= 4 is 72.1 Å². The third kappa shape index (κ3) is 11.5. The molecule has 5 aromatic rings. The fourth-order valence-electron chi connectivity index (χ4n) is 8.39. The number of pyridine rings is 1. The Hall–Kier alpha value is -7.00. The Bertz CT molecular complexity index is 3500. The second kappa shape index (κ2) is 19.3. The van der Waals surface area contributed by atoms with Crippen LogP contribution in [0.5, 0.6) is 0 Å². The number of hydrogen-bond donors (Lipinski definition) is 4. The summed E-state index contributed by atoms with van der Waals surface area (Å²) in [7, 11) is -9.08. The summed E-state index contributed by atoms with van der Waals surface area (Å²) < 4.78 is 197. The van der Waals surface area contributed by atoms with Gasteiger partial charge < -0.3 is 20.8 Å². The van der Waals surface area contributed by atoms with E-state index in [1.165, 1.54) is 13.8 Å². The molecular formula is C44H37ClF10N8O10S2. The van der Waals surface area contributed by atoms with E-state index in [9.17, 15) is 81.4 Å². The minimum absolute atomic E-state index is 0.103. The minimum atomic E-state index is -5.26. The third-order valence-electron chi connectivity index (χ3n) is 12.0. The molecule has 0 unspecified atom stereocenters. The number of alkyl halides is 8. The molecule has 7 rings (SSSR count). The maximum absolute atomic E-state index is 15.6. The molecule has 402 valence electrons. The molecule has 4 N–H and O–H groups in total. The maximum atomic E-state index is 15.6. The van der Waals surface area contributed by atoms with E-state index >= 15 is 8.78 Å². The number of fused-ring (bicyclic) bond motifs is 4. The molecule has 2 aliphatic rings. The van der Waals surface area contributed by atoms with Gasteiger partial charge in [-0.15, -0.1) is 0 Å². The molecule has 18 nitrogen and oxygen atoms in total. The van der Waals surface area contributed by atoms with Gasteiger partial charge >= 0.3 is 30.3 Å². The van der Waals surface area contributed by atoms with Gasteiger partial charge in [0.1, 0.15) is 46.9 Å². The van der Waals surface area contributed by atoms with E-state index in [1.807, 2.05) is 0 Å². The van der Waals surface area contributed by atoms with Crippen LogP contribution in [0, 0.1) is 29.4 Å². The summed E-state index contributed by atoms with van der Waals surface area (Å²) in [4.78, 5) is 55.6. The highest BCUT2D eigenvalue weighted by Gasteiger charge is 2.68. The number of carbonyl (C=O) groups is 4. The highest BCUT2D eigenvalue weighted by atomic mass is 35.5. The van der Waals surface area contributed by atoms with Gasteiger partial charge in [-0.05, 0) is 74.4 Å². The summed E-state index contributed by atoms with van der Waals surface area (Å²) in [6, 6.07) is -0.149. The normalized spacial score (nSPS) is 17.1. The van der Waals surface area contributed by atoms with Gasteiger partial charge in [0.2, 0.25) is 15.9 Å². The second-order valence-corrected chi connectivity index (χ2v) is 22.8. The van der Waals surface area contributed by atoms with Crippen LogP contribution in [-0.2, 0) is 65.9 Å². The van der Waals surface area contributed by atoms with Gasteiger partial charge in [0, 0.05) is 34.9 Å². The van der Waals surface area contributed by atoms with Crippen LogP contribution in [0.2, 0.25) is 5.02 Å². The molecule has 2 aliphatic carbocycles. The number of urea groups is 1. The Morgan fingerprint density at radius 1 is 0.920 bits per heavy atom. The molecule has 3 heterocycles. The van der Waals surface area contributed by atoms with E-state index in [4.69, 9.17) is 11.6 Å². The number of rotatable bonds is 15. The van der Waals surface area contributed by atoms with Gasteiger partial charge in [0.15, 0.2) is 21.3 Å². The summed E-state index contributed by atoms with van der Waals surface area (Å²) in [5.74, 6) is -10.5. The van der Waals surface area contributed by atoms with E-state index in [-0.39, 0.29) is 31.3 Å². The number of nitrogens with one attached hydrogen (secondary N) is 2. The number of aliphatic carboxylic acids is 2. The Morgan fingerprint density at radius 3 is 2.11 bits per heavy atom. The molecule has 2 aromatic carbocycles. The number of amides is 3. The Labute approximate surface area is 422 Å². The number of sulfonamides is 1. The predicted molar refractivity (Wildman–Crippen MR) is 242 cm³/mol. The first-order valence-electron chi connectivity index (χ1n) is 21.4. The van der Waals surface area contributed by atoms with E-state index < -0.39 is 184 Å². The molecule has 0 bridgehead atoms. The number of halogens is 11. The largest absolute Gasteiger partial charge is 0.481 e. The molecule has 3 aromatic heterocycles. The number of hydrogen-bond acceptors (Lipinski definition) is 11. The number of nitrogens with zero attached hydrogens (tertiary/aromatic N) is 6. The first-order valence-corrected chi connectivity index (χ1v) is 25.6. The summed E-state index contributed by atoms with van der Waals surface area (Å²) in [6.07, 6.45) is -11.8. The SMILES string of the molecule is CC(C)(C#Cc1ccc(-c2ccc(Cl)c3c(N(C(=O)N[C@H](CC(=O)O)C(=O)O)S(C)(=O)=O)nn(CC(F)(F)F)c23)c([C@H](Cc2cc(F)cc(F)c2)NC(=O)Cn2nc(C(F)(F)F)c3c2C(F)(F)[C@@H]2C[C@H]32)n1)S(C)(=O)=O. The zero-order valence-corrected chi connectivity index (χ0v) is 41.1. The molecule has 0 radical (unpaired) electrons. The lowest BCUT2D eigenvalue weighted by Gasteiger charge is -2.23. The van der Waals surface area contributed by atoms with Gasteiger partial charge in [-0.3, -0.25) is 19.0 Å². The van der Waals surface area contributed by atoms with E-state index in [0.717, 1.165) is 42.7 Å². The number of benzene rings is 2. The van der Waals surface area contributed by atoms with Gasteiger partial charge in [0.05, 0.1) is 40.3 Å². The van der Waals surface area contributed by atoms with Crippen molar-refractivity contribution in [3.63, 3.8) is 0 Å². The van der Waals surface area contributed by atoms with Crippen molar-refractivity contribution in [2.75, 3.05) is 16.8 Å². The fraction of sp³-hybridized carbons (Fsp3) is 0.386. The number of aromatic nitrogens is 5. The smallest absolute Gasteiger partial charge is 0.435 e. The average Bonchev–Trinajstić information content (AvgIpc) is 3.76. The van der Waals surface area contributed by atoms with Crippen LogP contribution < -0.4 is 14.9 Å². The minimum Gasteiger partial charge on any atom is -0.481 e. The van der Waals surface area contributed by atoms with Crippen LogP contribution in [0.4, 0.5) is 54.5 Å². The maximum Gasteiger partial charge on any atom is 0.435 e. The molecular weight excluding hydrogens is 1090 g/mol. The van der Waals surface area contributed by atoms with Crippen molar-refractivity contribution in [3.8, 4) is 23.0 Å². The van der Waals surface area contributed by atoms with Crippen LogP contribution in [0.25, 0.3) is 22.0 Å². The molecule has 0 spiro atoms. The standard InChI is InChI=1S/C44H37ClF10N8O10S2/c1-41(2,74(3,70)71)10-9-22-5-6-23(24-7-8-27(45)33-35(24)62(18-42(48,49)50)60-38(33)63(75(4,72)73)40(69)58-29(39(67)68)16-31(65)66)34(56-22)28(13-19-11-20(46)14-21(47)12-19)57-30(64)17-61-37-32(36(59-61)44(53,54)55)25-15-26(25)43(37,51)52/h5-8,11-12,14,25-26,28-29H,13,15-18H2,1-4H3,(H,57,64)(H,58,69)(H,65,66)(H,67,68)/t25-,26+,28-,29+/m0/s1. The highest BCUT2D eigenvalue weighted by Crippen LogP contribution is 2.68. The van der Waals surface area contributed by atoms with Crippen molar-refractivity contribution in [3.05, 3.63) is 93.0 Å². The van der Waals surface area contributed by atoms with Crippen molar-refractivity contribution in [2.24, 2.45) is 5.92 Å². The molecule has 75 heavy (non-hydrogen) atoms. The van der Waals surface area contributed by atoms with E-state index in [1.54, 1.807) is 5.32 Å². The van der Waals surface area contributed by atoms with Crippen LogP contribution in [0.3, 0.4) is 0 Å². The second-order valence-electron chi connectivity index (χ2n) is 18.0. The van der Waals surface area contributed by atoms with E-state index in [0.29, 0.717) is 12.3 Å². The zero-order valence-electron chi connectivity index (χ0n) is 38.7. The van der Waals surface area contributed by atoms with E-state index in [2.05, 4.69) is 32.3 Å². The number of sulfone groups is 1. The molecule has 1 saturated carbocycles. The van der Waals surface area contributed by atoms with Gasteiger partial charge in [-0.1, -0.05) is 23.6 Å². The number of carboxylic acid groups (broad SMARTS) is 2. The van der Waals surface area contributed by atoms with Crippen LogP contribution in [0.15, 0.2) is 42.5 Å². The summed E-state index contributed by atoms with van der Waals surface area (Å²) in [5, 5.41) is 28.5. The van der Waals surface area contributed by atoms with Crippen molar-refractivity contribution < 1.29 is 90.1 Å². The van der Waals surface area contributed by atoms with Crippen molar-refractivity contribution in [1.82, 2.24) is 35.2 Å². The van der Waals surface area contributed by atoms with Gasteiger partial charge in [-0.2, -0.15) is 49.6 Å². The van der Waals surface area contributed by atoms with Crippen molar-refractivity contribution in [2.45, 2.75) is 87.2 Å². The number of anilines is 1. The summed E-state index contributed by atoms with van der Waals surface area (Å²) in [5.41, 5.74) is -6.67. The first kappa shape index (κ1) is 55.7. The lowest BCUT2D eigenvalue weighted by Crippen LogP contribution is -2.50. The fourth-order valence-corrected chi connectivity index (χ4v) is 9.66. The summed E-state index contributed by atoms with van der Waals surface area (Å²) >= 11 is 6.56. The Balaban J connectivity index is 1.49. The predicted octanol–water partition coefficient (Wildman–Crippen LogP) is 6.69. The van der Waals surface area contributed by atoms with Crippen LogP contribution in [0.1, 0.15) is 72.6 Å². The molecule has 0 saturated heterocycles. The molecule has 4 atom stereocenters. The average molecular weight is 1130 g/mol. The Kier molecular flexibility index (Phi) is 14.3. The van der Waals surface area contributed by atoms with Gasteiger partial charge in [0.25, 0.3) is 5.92 Å². The third-order valence-corrected chi connectivity index (χ3v) is 15.3. The highest BCUT2D eigenvalue weighted by molar-refractivity contribution is 7.93. The number of carbonyl (C=O) groups excluding carboxylic acids is 2. The lowest BCUT2D eigenvalue weighted by molar-refractivity contribution is -0.145. The zero-order chi connectivity index (χ0) is 55.9. The molecule has 3 amide bonds. The quantitative estimate of drug-likeness (QED) is 0.0630. The molecule has 1 fully saturated rings. The van der Waals surface area contributed by atoms with Gasteiger partial charge in [-0.25, -0.2) is 40.2 Å². The Morgan fingerprint density at radius 2 is 1.55 bits per heavy atom. The molecule has 0 aliphatic heterocycles.